The van der Waals surface area contributed by atoms with Crippen molar-refractivity contribution >= 4 is 28.2 Å². The molecule has 4 heterocycles. The van der Waals surface area contributed by atoms with Crippen molar-refractivity contribution in [3.8, 4) is 11.8 Å². The highest BCUT2D eigenvalue weighted by Crippen LogP contribution is 2.34. The molecule has 0 aliphatic carbocycles. The number of hydrogen-bond acceptors (Lipinski definition) is 7. The van der Waals surface area contributed by atoms with E-state index in [1.165, 1.54) is 34.5 Å². The molecule has 0 unspecified atom stereocenters. The Morgan fingerprint density at radius 2 is 2.03 bits per heavy atom. The summed E-state index contributed by atoms with van der Waals surface area (Å²) in [6.07, 6.45) is 6.06. The van der Waals surface area contributed by atoms with E-state index in [2.05, 4.69) is 77.2 Å². The van der Waals surface area contributed by atoms with Gasteiger partial charge in [0, 0.05) is 41.5 Å². The molecule has 0 saturated carbocycles. The predicted octanol–water partition coefficient (Wildman–Crippen LogP) is 4.28. The number of rotatable bonds is 7. The molecule has 4 aromatic rings. The maximum atomic E-state index is 11.8. The molecule has 2 aliphatic rings. The molecule has 6 rings (SSSR count). The summed E-state index contributed by atoms with van der Waals surface area (Å²) in [5.74, 6) is 0.810. The van der Waals surface area contributed by atoms with Crippen LogP contribution >= 0.6 is 0 Å². The second-order valence-corrected chi connectivity index (χ2v) is 10.3. The van der Waals surface area contributed by atoms with E-state index in [0.717, 1.165) is 37.2 Å². The van der Waals surface area contributed by atoms with E-state index in [1.807, 2.05) is 0 Å². The summed E-state index contributed by atoms with van der Waals surface area (Å²) in [6, 6.07) is 15.4. The summed E-state index contributed by atoms with van der Waals surface area (Å²) in [5.41, 5.74) is 4.43. The van der Waals surface area contributed by atoms with Crippen LogP contribution < -0.4 is 15.0 Å². The summed E-state index contributed by atoms with van der Waals surface area (Å²) in [7, 11) is 2.13. The average Bonchev–Trinajstić information content (AvgIpc) is 3.59. The van der Waals surface area contributed by atoms with Crippen LogP contribution in [0.2, 0.25) is 0 Å². The van der Waals surface area contributed by atoms with Gasteiger partial charge < -0.3 is 19.9 Å². The van der Waals surface area contributed by atoms with Crippen molar-refractivity contribution in [1.29, 1.82) is 0 Å². The second-order valence-electron chi connectivity index (χ2n) is 10.3. The maximum absolute atomic E-state index is 11.8. The van der Waals surface area contributed by atoms with Crippen LogP contribution in [-0.2, 0) is 17.8 Å². The van der Waals surface area contributed by atoms with Gasteiger partial charge in [0.05, 0.1) is 12.2 Å². The van der Waals surface area contributed by atoms with Gasteiger partial charge in [0.15, 0.2) is 11.6 Å². The Hall–Kier alpha value is -4.24. The van der Waals surface area contributed by atoms with Crippen LogP contribution in [0.25, 0.3) is 16.6 Å². The molecule has 0 radical (unpaired) electrons. The van der Waals surface area contributed by atoms with Gasteiger partial charge in [0.2, 0.25) is 5.91 Å². The number of ether oxygens (including phenoxy) is 1. The van der Waals surface area contributed by atoms with E-state index in [-0.39, 0.29) is 5.91 Å². The van der Waals surface area contributed by atoms with Crippen LogP contribution in [-0.4, -0.2) is 63.3 Å². The predicted molar refractivity (Wildman–Crippen MR) is 153 cm³/mol. The average molecular weight is 524 g/mol. The number of anilines is 2. The fourth-order valence-electron chi connectivity index (χ4n) is 5.66. The number of nitrogens with zero attached hydrogens (tertiary/aromatic N) is 6. The van der Waals surface area contributed by atoms with Crippen LogP contribution in [0.4, 0.5) is 11.5 Å². The monoisotopic (exact) mass is 523 g/mol. The van der Waals surface area contributed by atoms with Crippen molar-refractivity contribution in [3.05, 3.63) is 78.1 Å². The van der Waals surface area contributed by atoms with Crippen LogP contribution in [0, 0.1) is 6.92 Å². The second kappa shape index (κ2) is 10.5. The Kier molecular flexibility index (Phi) is 6.74. The fraction of sp³-hybridized carbons (Fsp3) is 0.333. The summed E-state index contributed by atoms with van der Waals surface area (Å²) < 4.78 is 7.90. The van der Waals surface area contributed by atoms with Crippen LogP contribution in [0.15, 0.2) is 61.3 Å². The lowest BCUT2D eigenvalue weighted by Gasteiger charge is -2.32. The highest BCUT2D eigenvalue weighted by atomic mass is 16.5. The van der Waals surface area contributed by atoms with Gasteiger partial charge in [0.1, 0.15) is 6.61 Å². The largest absolute Gasteiger partial charge is 0.462 e. The minimum absolute atomic E-state index is 0.310. The van der Waals surface area contributed by atoms with Crippen LogP contribution in [0.5, 0.6) is 6.01 Å². The summed E-state index contributed by atoms with van der Waals surface area (Å²) in [6.45, 7) is 8.76. The number of benzene rings is 2. The van der Waals surface area contributed by atoms with Gasteiger partial charge in [-0.15, -0.1) is 5.10 Å². The molecule has 1 fully saturated rings. The smallest absolute Gasteiger partial charge is 0.318 e. The molecule has 2 aliphatic heterocycles. The number of nitrogens with one attached hydrogen (secondary N) is 1. The normalized spacial score (nSPS) is 17.3. The molecule has 1 N–H and O–H groups in total. The van der Waals surface area contributed by atoms with Crippen molar-refractivity contribution in [2.75, 3.05) is 37.0 Å². The first kappa shape index (κ1) is 25.1. The lowest BCUT2D eigenvalue weighted by Crippen LogP contribution is -2.33. The van der Waals surface area contributed by atoms with Gasteiger partial charge in [0.25, 0.3) is 0 Å². The zero-order chi connectivity index (χ0) is 26.9. The number of likely N-dealkylation sites (N-methyl/N-ethyl adjacent to an activating group) is 1. The first-order chi connectivity index (χ1) is 19.0. The maximum Gasteiger partial charge on any atom is 0.318 e. The van der Waals surface area contributed by atoms with Crippen molar-refractivity contribution < 1.29 is 9.53 Å². The molecule has 2 aromatic heterocycles. The molecule has 1 amide bonds. The molecule has 200 valence electrons. The van der Waals surface area contributed by atoms with Crippen molar-refractivity contribution in [2.45, 2.75) is 38.8 Å². The van der Waals surface area contributed by atoms with Crippen LogP contribution in [0.1, 0.15) is 29.7 Å². The molecule has 1 saturated heterocycles. The zero-order valence-electron chi connectivity index (χ0n) is 22.4. The van der Waals surface area contributed by atoms with Gasteiger partial charge in [-0.3, -0.25) is 4.79 Å². The van der Waals surface area contributed by atoms with Crippen molar-refractivity contribution in [1.82, 2.24) is 24.6 Å². The fourth-order valence-corrected chi connectivity index (χ4v) is 5.66. The number of aryl methyl sites for hydroxylation is 1. The first-order valence-electron chi connectivity index (χ1n) is 13.5. The third-order valence-corrected chi connectivity index (χ3v) is 7.77. The molecular weight excluding hydrogens is 490 g/mol. The number of amides is 1. The van der Waals surface area contributed by atoms with Crippen LogP contribution in [0.3, 0.4) is 0 Å². The molecular formula is C30H33N7O2. The molecule has 9 nitrogen and oxygen atoms in total. The Bertz CT molecular complexity index is 1540. The highest BCUT2D eigenvalue weighted by Gasteiger charge is 2.27. The minimum atomic E-state index is -0.310. The van der Waals surface area contributed by atoms with E-state index in [1.54, 1.807) is 16.9 Å². The molecule has 0 bridgehead atoms. The van der Waals surface area contributed by atoms with Crippen molar-refractivity contribution in [3.63, 3.8) is 0 Å². The quantitative estimate of drug-likeness (QED) is 0.362. The summed E-state index contributed by atoms with van der Waals surface area (Å²) >= 11 is 0. The highest BCUT2D eigenvalue weighted by molar-refractivity contribution is 5.98. The Balaban J connectivity index is 1.36. The number of fused-ring (bicyclic) bond motifs is 2. The van der Waals surface area contributed by atoms with E-state index in [4.69, 9.17) is 14.7 Å². The number of carbonyl (C=O) groups is 1. The Labute approximate surface area is 228 Å². The van der Waals surface area contributed by atoms with Gasteiger partial charge in [-0.05, 0) is 62.9 Å². The number of aromatic nitrogens is 4. The lowest BCUT2D eigenvalue weighted by atomic mass is 10.00. The zero-order valence-corrected chi connectivity index (χ0v) is 22.4. The van der Waals surface area contributed by atoms with Gasteiger partial charge in [-0.2, -0.15) is 9.97 Å². The number of carbonyl (C=O) groups excluding carboxylic acids is 1. The lowest BCUT2D eigenvalue weighted by molar-refractivity contribution is -0.111. The third kappa shape index (κ3) is 4.97. The molecule has 39 heavy (non-hydrogen) atoms. The first-order valence-corrected chi connectivity index (χ1v) is 13.5. The SMILES string of the molecule is C=CC(=O)Nc1ccn(-c2nc(OC[C@@H]3CCCN3C)nc3c2CCN(c2cccc4cccc(C)c24)C3)n1. The van der Waals surface area contributed by atoms with Crippen molar-refractivity contribution in [2.24, 2.45) is 0 Å². The standard InChI is InChI=1S/C30H33N7O2/c1-4-27(38)32-26-14-17-37(34-26)29-23-13-16-36(25-12-6-10-21-9-5-8-20(2)28(21)25)18-24(23)31-30(33-29)39-19-22-11-7-15-35(22)3/h4-6,8-10,12,14,17,22H,1,7,11,13,15-16,18-19H2,2-3H3,(H,32,34,38)/t22-/m0/s1. The number of hydrogen-bond donors (Lipinski definition) is 1. The Morgan fingerprint density at radius 1 is 1.18 bits per heavy atom. The summed E-state index contributed by atoms with van der Waals surface area (Å²) in [5, 5.41) is 9.79. The number of likely N-dealkylation sites (tertiary alicyclic amines) is 1. The van der Waals surface area contributed by atoms with E-state index in [0.29, 0.717) is 36.8 Å². The van der Waals surface area contributed by atoms with E-state index in [9.17, 15) is 4.79 Å². The van der Waals surface area contributed by atoms with Gasteiger partial charge in [-0.25, -0.2) is 4.68 Å². The van der Waals surface area contributed by atoms with E-state index < -0.39 is 0 Å². The third-order valence-electron chi connectivity index (χ3n) is 7.77. The molecule has 9 heteroatoms. The van der Waals surface area contributed by atoms with Gasteiger partial charge in [-0.1, -0.05) is 36.9 Å². The molecule has 1 atom stereocenters. The molecule has 0 spiro atoms. The molecule has 2 aromatic carbocycles. The Morgan fingerprint density at radius 3 is 2.82 bits per heavy atom. The minimum Gasteiger partial charge on any atom is -0.462 e. The summed E-state index contributed by atoms with van der Waals surface area (Å²) in [4.78, 5) is 26.3. The van der Waals surface area contributed by atoms with Gasteiger partial charge >= 0.3 is 6.01 Å². The van der Waals surface area contributed by atoms with E-state index >= 15 is 0 Å². The topological polar surface area (TPSA) is 88.4 Å².